The maximum Gasteiger partial charge on any atom is 0.228 e. The number of hydrogen-bond donors (Lipinski definition) is 1. The Labute approximate surface area is 98.3 Å². The number of benzene rings is 1. The predicted molar refractivity (Wildman–Crippen MR) is 63.0 cm³/mol. The van der Waals surface area contributed by atoms with Crippen LogP contribution in [0.2, 0.25) is 0 Å². The summed E-state index contributed by atoms with van der Waals surface area (Å²) in [5, 5.41) is 2.65. The van der Waals surface area contributed by atoms with Gasteiger partial charge in [-0.15, -0.1) is 0 Å². The molecule has 0 radical (unpaired) electrons. The molecule has 17 heavy (non-hydrogen) atoms. The van der Waals surface area contributed by atoms with Gasteiger partial charge in [0, 0.05) is 6.20 Å². The van der Waals surface area contributed by atoms with Crippen LogP contribution in [0, 0.1) is 5.82 Å². The summed E-state index contributed by atoms with van der Waals surface area (Å²) in [4.78, 5) is 15.5. The minimum absolute atomic E-state index is 0.0154. The first-order valence-electron chi connectivity index (χ1n) is 5.19. The van der Waals surface area contributed by atoms with Gasteiger partial charge < -0.3 is 5.32 Å². The first-order valence-corrected chi connectivity index (χ1v) is 5.19. The van der Waals surface area contributed by atoms with Crippen LogP contribution in [0.4, 0.5) is 10.1 Å². The second kappa shape index (κ2) is 5.21. The molecule has 0 fully saturated rings. The van der Waals surface area contributed by atoms with Crippen molar-refractivity contribution in [2.45, 2.75) is 6.42 Å². The van der Waals surface area contributed by atoms with Gasteiger partial charge in [0.25, 0.3) is 0 Å². The molecule has 86 valence electrons. The third-order valence-corrected chi connectivity index (χ3v) is 2.25. The average Bonchev–Trinajstić information content (AvgIpc) is 2.33. The van der Waals surface area contributed by atoms with E-state index in [0.717, 1.165) is 0 Å². The van der Waals surface area contributed by atoms with Gasteiger partial charge in [-0.3, -0.25) is 9.78 Å². The predicted octanol–water partition coefficient (Wildman–Crippen LogP) is 2.40. The largest absolute Gasteiger partial charge is 0.324 e. The first-order chi connectivity index (χ1) is 8.25. The minimum Gasteiger partial charge on any atom is -0.324 e. The van der Waals surface area contributed by atoms with Gasteiger partial charge in [-0.25, -0.2) is 4.39 Å². The first kappa shape index (κ1) is 11.3. The molecule has 0 atom stereocenters. The molecule has 3 nitrogen and oxygen atoms in total. The van der Waals surface area contributed by atoms with Crippen molar-refractivity contribution in [3.05, 3.63) is 60.2 Å². The van der Waals surface area contributed by atoms with Gasteiger partial charge in [0.15, 0.2) is 0 Å². The van der Waals surface area contributed by atoms with E-state index in [2.05, 4.69) is 10.3 Å². The Kier molecular flexibility index (Phi) is 3.45. The Morgan fingerprint density at radius 2 is 2.06 bits per heavy atom. The number of carbonyl (C=O) groups is 1. The molecule has 0 aliphatic carbocycles. The molecule has 2 aromatic rings. The molecule has 1 amide bonds. The van der Waals surface area contributed by atoms with E-state index in [1.54, 1.807) is 42.7 Å². The zero-order valence-electron chi connectivity index (χ0n) is 9.06. The summed E-state index contributed by atoms with van der Waals surface area (Å²) in [6.07, 6.45) is 3.17. The van der Waals surface area contributed by atoms with E-state index in [1.807, 2.05) is 0 Å². The fourth-order valence-electron chi connectivity index (χ4n) is 1.46. The van der Waals surface area contributed by atoms with Gasteiger partial charge in [-0.2, -0.15) is 0 Å². The van der Waals surface area contributed by atoms with Gasteiger partial charge in [-0.05, 0) is 23.8 Å². The van der Waals surface area contributed by atoms with Crippen molar-refractivity contribution >= 4 is 11.6 Å². The van der Waals surface area contributed by atoms with Gasteiger partial charge in [0.2, 0.25) is 5.91 Å². The highest BCUT2D eigenvalue weighted by Gasteiger charge is 2.07. The molecule has 0 aliphatic rings. The van der Waals surface area contributed by atoms with E-state index in [4.69, 9.17) is 0 Å². The third-order valence-electron chi connectivity index (χ3n) is 2.25. The van der Waals surface area contributed by atoms with Gasteiger partial charge in [0.1, 0.15) is 5.82 Å². The lowest BCUT2D eigenvalue weighted by atomic mass is 10.1. The number of aromatic nitrogens is 1. The lowest BCUT2D eigenvalue weighted by Crippen LogP contribution is -2.15. The summed E-state index contributed by atoms with van der Waals surface area (Å²) in [7, 11) is 0. The number of carbonyl (C=O) groups excluding carboxylic acids is 1. The smallest absolute Gasteiger partial charge is 0.228 e. The molecule has 1 aromatic carbocycles. The van der Waals surface area contributed by atoms with E-state index in [9.17, 15) is 9.18 Å². The monoisotopic (exact) mass is 230 g/mol. The normalized spacial score (nSPS) is 9.94. The summed E-state index contributed by atoms with van der Waals surface area (Å²) in [5.41, 5.74) is 0.989. The molecule has 0 saturated carbocycles. The third kappa shape index (κ3) is 3.11. The molecular weight excluding hydrogens is 219 g/mol. The van der Waals surface area contributed by atoms with Gasteiger partial charge in [0.05, 0.1) is 18.3 Å². The van der Waals surface area contributed by atoms with Crippen molar-refractivity contribution in [3.63, 3.8) is 0 Å². The molecule has 0 bridgehead atoms. The Bertz CT molecular complexity index is 514. The van der Waals surface area contributed by atoms with E-state index >= 15 is 0 Å². The number of anilines is 1. The maximum absolute atomic E-state index is 13.3. The fraction of sp³-hybridized carbons (Fsp3) is 0.0769. The van der Waals surface area contributed by atoms with Crippen molar-refractivity contribution < 1.29 is 9.18 Å². The van der Waals surface area contributed by atoms with E-state index < -0.39 is 0 Å². The van der Waals surface area contributed by atoms with Gasteiger partial charge >= 0.3 is 0 Å². The van der Waals surface area contributed by atoms with Crippen molar-refractivity contribution in [1.82, 2.24) is 4.98 Å². The van der Waals surface area contributed by atoms with E-state index in [1.165, 1.54) is 6.07 Å². The van der Waals surface area contributed by atoms with Crippen LogP contribution >= 0.6 is 0 Å². The van der Waals surface area contributed by atoms with Crippen LogP contribution in [0.15, 0.2) is 48.8 Å². The zero-order valence-corrected chi connectivity index (χ0v) is 9.06. The van der Waals surface area contributed by atoms with Gasteiger partial charge in [-0.1, -0.05) is 18.2 Å². The van der Waals surface area contributed by atoms with Crippen LogP contribution in [-0.4, -0.2) is 10.9 Å². The standard InChI is InChI=1S/C13H11FN2O/c14-12-6-2-1-4-10(12)8-13(17)16-11-5-3-7-15-9-11/h1-7,9H,8H2,(H,16,17). The molecule has 0 unspecified atom stereocenters. The number of halogens is 1. The van der Waals surface area contributed by atoms with Crippen molar-refractivity contribution in [2.24, 2.45) is 0 Å². The highest BCUT2D eigenvalue weighted by atomic mass is 19.1. The highest BCUT2D eigenvalue weighted by Crippen LogP contribution is 2.09. The fourth-order valence-corrected chi connectivity index (χ4v) is 1.46. The Morgan fingerprint density at radius 1 is 1.24 bits per heavy atom. The number of amides is 1. The molecule has 0 saturated heterocycles. The summed E-state index contributed by atoms with van der Waals surface area (Å²) >= 11 is 0. The Morgan fingerprint density at radius 3 is 2.76 bits per heavy atom. The summed E-state index contributed by atoms with van der Waals surface area (Å²) in [6, 6.07) is 9.68. The lowest BCUT2D eigenvalue weighted by molar-refractivity contribution is -0.115. The number of hydrogen-bond acceptors (Lipinski definition) is 2. The molecule has 2 rings (SSSR count). The van der Waals surface area contributed by atoms with Crippen molar-refractivity contribution in [3.8, 4) is 0 Å². The number of nitrogens with zero attached hydrogens (tertiary/aromatic N) is 1. The number of rotatable bonds is 3. The lowest BCUT2D eigenvalue weighted by Gasteiger charge is -2.05. The van der Waals surface area contributed by atoms with Crippen LogP contribution in [0.5, 0.6) is 0 Å². The molecule has 0 aliphatic heterocycles. The summed E-state index contributed by atoms with van der Waals surface area (Å²) in [6.45, 7) is 0. The van der Waals surface area contributed by atoms with E-state index in [0.29, 0.717) is 11.3 Å². The second-order valence-electron chi connectivity index (χ2n) is 3.56. The van der Waals surface area contributed by atoms with Crippen molar-refractivity contribution in [1.29, 1.82) is 0 Å². The molecule has 1 N–H and O–H groups in total. The zero-order chi connectivity index (χ0) is 12.1. The SMILES string of the molecule is O=C(Cc1ccccc1F)Nc1cccnc1. The Balaban J connectivity index is 2.01. The van der Waals surface area contributed by atoms with Crippen LogP contribution in [-0.2, 0) is 11.2 Å². The number of pyridine rings is 1. The maximum atomic E-state index is 13.3. The van der Waals surface area contributed by atoms with Crippen LogP contribution in [0.1, 0.15) is 5.56 Å². The molecule has 4 heteroatoms. The quantitative estimate of drug-likeness (QED) is 0.879. The number of nitrogens with one attached hydrogen (secondary N) is 1. The molecule has 1 aromatic heterocycles. The van der Waals surface area contributed by atoms with Crippen LogP contribution < -0.4 is 5.32 Å². The average molecular weight is 230 g/mol. The summed E-state index contributed by atoms with van der Waals surface area (Å²) < 4.78 is 13.3. The topological polar surface area (TPSA) is 42.0 Å². The van der Waals surface area contributed by atoms with E-state index in [-0.39, 0.29) is 18.1 Å². The van der Waals surface area contributed by atoms with Crippen LogP contribution in [0.25, 0.3) is 0 Å². The summed E-state index contributed by atoms with van der Waals surface area (Å²) in [5.74, 6) is -0.628. The highest BCUT2D eigenvalue weighted by molar-refractivity contribution is 5.92. The second-order valence-corrected chi connectivity index (χ2v) is 3.56. The molecule has 0 spiro atoms. The van der Waals surface area contributed by atoms with Crippen molar-refractivity contribution in [2.75, 3.05) is 5.32 Å². The molecular formula is C13H11FN2O. The minimum atomic E-state index is -0.367. The molecule has 1 heterocycles. The Hall–Kier alpha value is -2.23. The van der Waals surface area contributed by atoms with Crippen LogP contribution in [0.3, 0.4) is 0 Å².